The van der Waals surface area contributed by atoms with Crippen molar-refractivity contribution < 1.29 is 30.5 Å². The molecule has 0 amide bonds. The second-order valence-corrected chi connectivity index (χ2v) is 19.6. The number of benzene rings is 4. The zero-order valence-electron chi connectivity index (χ0n) is 34.1. The van der Waals surface area contributed by atoms with Crippen LogP contribution in [0.25, 0.3) is 44.8 Å². The summed E-state index contributed by atoms with van der Waals surface area (Å²) in [5.74, 6) is 1.59. The van der Waals surface area contributed by atoms with Gasteiger partial charge in [0.1, 0.15) is 22.7 Å². The van der Waals surface area contributed by atoms with Crippen LogP contribution in [-0.4, -0.2) is 9.97 Å². The molecule has 4 nitrogen and oxygen atoms in total. The van der Waals surface area contributed by atoms with Gasteiger partial charge in [0, 0.05) is 46.0 Å². The molecule has 8 rings (SSSR count). The quantitative estimate of drug-likeness (QED) is 0.156. The summed E-state index contributed by atoms with van der Waals surface area (Å²) in [6.45, 7) is 22.3. The number of nitrogens with zero attached hydrogens (tertiary/aromatic N) is 2. The van der Waals surface area contributed by atoms with E-state index in [4.69, 9.17) is 19.4 Å². The number of rotatable bonds is 6. The molecule has 0 saturated heterocycles. The standard InChI is InChI=1S/C50H50N2O2S.Pt/c1-47(2,3)29-31-17-19-37-39-21-23-51-43(45(39)53-49(7,8)41(37)25-31)33-13-11-15-35(27-33)55-36-16-12-14-34(28-36)44-46-40(22-24-52-44)38-20-18-32(30-48(4,5)6)26-42(38)50(9,10)54-46;/h11-26H,29-30H2,1-10H3;/q-2;+2. The van der Waals surface area contributed by atoms with Crippen molar-refractivity contribution in [3.05, 3.63) is 132 Å². The third kappa shape index (κ3) is 8.00. The number of fused-ring (bicyclic) bond motifs is 6. The molecule has 0 fully saturated rings. The van der Waals surface area contributed by atoms with Gasteiger partial charge in [-0.25, -0.2) is 0 Å². The van der Waals surface area contributed by atoms with E-state index in [0.29, 0.717) is 0 Å². The Morgan fingerprint density at radius 1 is 0.554 bits per heavy atom. The van der Waals surface area contributed by atoms with Crippen LogP contribution in [-0.2, 0) is 45.1 Å². The van der Waals surface area contributed by atoms with E-state index < -0.39 is 11.2 Å². The van der Waals surface area contributed by atoms with E-state index >= 15 is 0 Å². The van der Waals surface area contributed by atoms with Crippen LogP contribution in [0, 0.1) is 23.0 Å². The van der Waals surface area contributed by atoms with E-state index in [9.17, 15) is 0 Å². The topological polar surface area (TPSA) is 44.2 Å². The van der Waals surface area contributed by atoms with Gasteiger partial charge in [-0.1, -0.05) is 87.7 Å². The SMILES string of the molecule is CC(C)(C)Cc1ccc2c(c1)C(C)(C)Oc1c-2ccnc1-c1[c-]c(Sc2[c-]c(-c3nccc4c3OC(C)(C)c3cc(CC(C)(C)C)ccc3-4)ccc2)ccc1.[Pt+2]. The first-order valence-electron chi connectivity index (χ1n) is 19.3. The van der Waals surface area contributed by atoms with Crippen molar-refractivity contribution in [1.29, 1.82) is 0 Å². The largest absolute Gasteiger partial charge is 2.00 e. The average molecular weight is 938 g/mol. The molecule has 0 unspecified atom stereocenters. The molecule has 2 aliphatic heterocycles. The van der Waals surface area contributed by atoms with Gasteiger partial charge in [0.2, 0.25) is 0 Å². The van der Waals surface area contributed by atoms with E-state index in [1.807, 2.05) is 12.4 Å². The number of aromatic nitrogens is 2. The van der Waals surface area contributed by atoms with Gasteiger partial charge in [-0.15, -0.1) is 71.4 Å². The van der Waals surface area contributed by atoms with Crippen LogP contribution in [0.2, 0.25) is 0 Å². The van der Waals surface area contributed by atoms with Crippen LogP contribution in [0.5, 0.6) is 11.5 Å². The summed E-state index contributed by atoms with van der Waals surface area (Å²) in [6.07, 6.45) is 5.78. The first-order valence-corrected chi connectivity index (χ1v) is 20.1. The summed E-state index contributed by atoms with van der Waals surface area (Å²) >= 11 is 1.62. The van der Waals surface area contributed by atoms with Gasteiger partial charge in [-0.2, -0.15) is 0 Å². The third-order valence-corrected chi connectivity index (χ3v) is 11.2. The number of hydrogen-bond donors (Lipinski definition) is 0. The van der Waals surface area contributed by atoms with Gasteiger partial charge in [0.25, 0.3) is 0 Å². The molecule has 0 atom stereocenters. The molecule has 2 aliphatic rings. The Kier molecular flexibility index (Phi) is 10.5. The van der Waals surface area contributed by atoms with E-state index in [1.165, 1.54) is 33.4 Å². The fourth-order valence-corrected chi connectivity index (χ4v) is 8.89. The maximum Gasteiger partial charge on any atom is 2.00 e. The Morgan fingerprint density at radius 2 is 0.964 bits per heavy atom. The fraction of sp³-hybridized carbons (Fsp3) is 0.320. The van der Waals surface area contributed by atoms with Crippen LogP contribution < -0.4 is 9.47 Å². The van der Waals surface area contributed by atoms with Crippen molar-refractivity contribution in [2.45, 2.75) is 103 Å². The molecule has 6 aromatic rings. The minimum Gasteiger partial charge on any atom is -0.490 e. The predicted molar refractivity (Wildman–Crippen MR) is 226 cm³/mol. The second kappa shape index (κ2) is 14.6. The Bertz CT molecular complexity index is 2280. The summed E-state index contributed by atoms with van der Waals surface area (Å²) in [5, 5.41) is 0. The predicted octanol–water partition coefficient (Wildman–Crippen LogP) is 13.3. The van der Waals surface area contributed by atoms with Crippen LogP contribution in [0.15, 0.2) is 107 Å². The fourth-order valence-electron chi connectivity index (χ4n) is 8.03. The molecule has 6 heteroatoms. The van der Waals surface area contributed by atoms with Crippen LogP contribution in [0.4, 0.5) is 0 Å². The molecule has 0 aliphatic carbocycles. The summed E-state index contributed by atoms with van der Waals surface area (Å²) in [5.41, 5.74) is 12.3. The molecule has 4 aromatic carbocycles. The molecule has 288 valence electrons. The van der Waals surface area contributed by atoms with E-state index in [1.54, 1.807) is 11.8 Å². The summed E-state index contributed by atoms with van der Waals surface area (Å²) < 4.78 is 13.7. The van der Waals surface area contributed by atoms with E-state index in [0.717, 1.165) is 67.8 Å². The zero-order valence-corrected chi connectivity index (χ0v) is 37.2. The molecule has 0 N–H and O–H groups in total. The van der Waals surface area contributed by atoms with Crippen molar-refractivity contribution >= 4 is 11.8 Å². The average Bonchev–Trinajstić information content (AvgIpc) is 3.10. The van der Waals surface area contributed by atoms with Crippen LogP contribution in [0.3, 0.4) is 0 Å². The van der Waals surface area contributed by atoms with Crippen LogP contribution in [0.1, 0.15) is 91.5 Å². The molecule has 56 heavy (non-hydrogen) atoms. The molecule has 0 bridgehead atoms. The van der Waals surface area contributed by atoms with Gasteiger partial charge < -0.3 is 19.4 Å². The van der Waals surface area contributed by atoms with Crippen molar-refractivity contribution in [3.8, 4) is 56.3 Å². The molecular weight excluding hydrogens is 888 g/mol. The van der Waals surface area contributed by atoms with Crippen LogP contribution >= 0.6 is 11.8 Å². The Morgan fingerprint density at radius 3 is 1.36 bits per heavy atom. The molecule has 2 aromatic heterocycles. The summed E-state index contributed by atoms with van der Waals surface area (Å²) in [6, 6.07) is 37.6. The first kappa shape index (κ1) is 40.0. The van der Waals surface area contributed by atoms with Crippen molar-refractivity contribution in [1.82, 2.24) is 9.97 Å². The number of pyridine rings is 2. The van der Waals surface area contributed by atoms with Crippen molar-refractivity contribution in [3.63, 3.8) is 0 Å². The van der Waals surface area contributed by atoms with Gasteiger partial charge in [-0.3, -0.25) is 0 Å². The molecule has 4 heterocycles. The normalized spacial score (nSPS) is 14.9. The van der Waals surface area contributed by atoms with Gasteiger partial charge in [-0.05, 0) is 85.8 Å². The molecule has 0 radical (unpaired) electrons. The van der Waals surface area contributed by atoms with E-state index in [2.05, 4.69) is 166 Å². The van der Waals surface area contributed by atoms with E-state index in [-0.39, 0.29) is 31.9 Å². The minimum absolute atomic E-state index is 0. The maximum atomic E-state index is 6.83. The smallest absolute Gasteiger partial charge is 0.490 e. The first-order chi connectivity index (χ1) is 25.9. The van der Waals surface area contributed by atoms with Gasteiger partial charge in [0.15, 0.2) is 0 Å². The third-order valence-electron chi connectivity index (χ3n) is 10.3. The molecular formula is C50H50N2O2PtS. The van der Waals surface area contributed by atoms with Crippen molar-refractivity contribution in [2.24, 2.45) is 10.8 Å². The monoisotopic (exact) mass is 937 g/mol. The number of ether oxygens (including phenoxy) is 2. The van der Waals surface area contributed by atoms with Gasteiger partial charge in [0.05, 0.1) is 0 Å². The summed E-state index contributed by atoms with van der Waals surface area (Å²) in [7, 11) is 0. The zero-order chi connectivity index (χ0) is 38.9. The Labute approximate surface area is 352 Å². The Balaban J connectivity index is 0.00000480. The van der Waals surface area contributed by atoms with Crippen molar-refractivity contribution in [2.75, 3.05) is 0 Å². The Hall–Kier alpha value is -4.18. The molecule has 0 saturated carbocycles. The maximum absolute atomic E-state index is 6.83. The minimum atomic E-state index is -0.517. The second-order valence-electron chi connectivity index (χ2n) is 18.5. The summed E-state index contributed by atoms with van der Waals surface area (Å²) in [4.78, 5) is 11.7. The number of hydrogen-bond acceptors (Lipinski definition) is 5. The van der Waals surface area contributed by atoms with Gasteiger partial charge >= 0.3 is 21.1 Å². The molecule has 0 spiro atoms.